The van der Waals surface area contributed by atoms with Crippen LogP contribution < -0.4 is 9.64 Å². The summed E-state index contributed by atoms with van der Waals surface area (Å²) in [4.78, 5) is 24.1. The van der Waals surface area contributed by atoms with Crippen molar-refractivity contribution in [3.63, 3.8) is 0 Å². The van der Waals surface area contributed by atoms with E-state index in [1.54, 1.807) is 6.07 Å². The molecule has 1 saturated heterocycles. The molecule has 8 heteroatoms. The van der Waals surface area contributed by atoms with Crippen molar-refractivity contribution in [3.8, 4) is 17.1 Å². The van der Waals surface area contributed by atoms with Gasteiger partial charge >= 0.3 is 6.01 Å². The maximum absolute atomic E-state index is 16.0. The molecule has 34 heavy (non-hydrogen) atoms. The molecule has 1 amide bonds. The van der Waals surface area contributed by atoms with Crippen molar-refractivity contribution in [2.75, 3.05) is 38.2 Å². The summed E-state index contributed by atoms with van der Waals surface area (Å²) >= 11 is 0. The smallest absolute Gasteiger partial charge is 0.318 e. The summed E-state index contributed by atoms with van der Waals surface area (Å²) in [5.74, 6) is -1.09. The van der Waals surface area contributed by atoms with Gasteiger partial charge in [-0.15, -0.1) is 0 Å². The van der Waals surface area contributed by atoms with E-state index in [0.29, 0.717) is 48.9 Å². The fraction of sp³-hybridized carbons (Fsp3) is 0.346. The van der Waals surface area contributed by atoms with Crippen LogP contribution in [-0.2, 0) is 11.2 Å². The first-order chi connectivity index (χ1) is 16.4. The number of anilines is 1. The molecule has 0 spiro atoms. The Morgan fingerprint density at radius 2 is 1.88 bits per heavy atom. The minimum atomic E-state index is -0.973. The number of carbonyl (C=O) groups is 1. The summed E-state index contributed by atoms with van der Waals surface area (Å²) in [6.07, 6.45) is 1.99. The average molecular weight is 465 g/mol. The van der Waals surface area contributed by atoms with Gasteiger partial charge in [0.1, 0.15) is 11.3 Å². The van der Waals surface area contributed by atoms with Gasteiger partial charge in [0.25, 0.3) is 5.91 Å². The Labute approximate surface area is 196 Å². The molecular formula is C26H26F2N4O2. The Balaban J connectivity index is 1.56. The van der Waals surface area contributed by atoms with Gasteiger partial charge in [0.05, 0.1) is 7.11 Å². The fourth-order valence-corrected chi connectivity index (χ4v) is 5.07. The van der Waals surface area contributed by atoms with E-state index >= 15 is 4.39 Å². The van der Waals surface area contributed by atoms with Gasteiger partial charge in [0.2, 0.25) is 0 Å². The van der Waals surface area contributed by atoms with Gasteiger partial charge in [-0.1, -0.05) is 37.8 Å². The van der Waals surface area contributed by atoms with Crippen molar-refractivity contribution in [1.29, 1.82) is 0 Å². The number of piperazine rings is 1. The number of fused-ring (bicyclic) bond motifs is 2. The van der Waals surface area contributed by atoms with Gasteiger partial charge in [-0.05, 0) is 41.5 Å². The molecule has 0 radical (unpaired) electrons. The van der Waals surface area contributed by atoms with Gasteiger partial charge < -0.3 is 14.5 Å². The summed E-state index contributed by atoms with van der Waals surface area (Å²) in [5.41, 5.74) is 4.09. The molecule has 1 aliphatic carbocycles. The molecule has 0 saturated carbocycles. The van der Waals surface area contributed by atoms with E-state index in [2.05, 4.69) is 29.5 Å². The molecule has 2 aliphatic rings. The van der Waals surface area contributed by atoms with Crippen LogP contribution in [0.5, 0.6) is 6.01 Å². The van der Waals surface area contributed by atoms with Crippen LogP contribution in [0.25, 0.3) is 22.0 Å². The lowest BCUT2D eigenvalue weighted by Crippen LogP contribution is -2.49. The average Bonchev–Trinajstić information content (AvgIpc) is 3.24. The maximum Gasteiger partial charge on any atom is 0.318 e. The van der Waals surface area contributed by atoms with Crippen molar-refractivity contribution in [2.45, 2.75) is 25.7 Å². The fourth-order valence-electron chi connectivity index (χ4n) is 5.07. The van der Waals surface area contributed by atoms with E-state index in [1.807, 2.05) is 23.1 Å². The van der Waals surface area contributed by atoms with E-state index in [4.69, 9.17) is 4.74 Å². The van der Waals surface area contributed by atoms with E-state index in [0.717, 1.165) is 18.4 Å². The van der Waals surface area contributed by atoms with Gasteiger partial charge in [-0.2, -0.15) is 9.97 Å². The number of ether oxygens (including phenoxy) is 1. The Kier molecular flexibility index (Phi) is 5.67. The topological polar surface area (TPSA) is 58.6 Å². The van der Waals surface area contributed by atoms with Gasteiger partial charge in [0.15, 0.2) is 11.6 Å². The predicted molar refractivity (Wildman–Crippen MR) is 127 cm³/mol. The second-order valence-electron chi connectivity index (χ2n) is 8.85. The molecular weight excluding hydrogens is 438 g/mol. The third-order valence-electron chi connectivity index (χ3n) is 6.91. The number of carbonyl (C=O) groups excluding carboxylic acids is 1. The minimum Gasteiger partial charge on any atom is -0.467 e. The summed E-state index contributed by atoms with van der Waals surface area (Å²) in [6, 6.07) is 9.79. The molecule has 0 bridgehead atoms. The van der Waals surface area contributed by atoms with Crippen LogP contribution >= 0.6 is 0 Å². The number of halogens is 2. The Hall–Kier alpha value is -3.55. The SMILES string of the molecule is C=C(F)C(=O)N1CCN(c2nc(OC)nc3c(F)c(-c4cccc5c4CCC5C)ccc23)CC1. The van der Waals surface area contributed by atoms with Gasteiger partial charge in [0, 0.05) is 37.1 Å². The van der Waals surface area contributed by atoms with Crippen LogP contribution in [0.1, 0.15) is 30.4 Å². The van der Waals surface area contributed by atoms with Gasteiger partial charge in [-0.25, -0.2) is 8.78 Å². The number of amides is 1. The third kappa shape index (κ3) is 3.67. The zero-order valence-electron chi connectivity index (χ0n) is 19.3. The molecule has 1 unspecified atom stereocenters. The van der Waals surface area contributed by atoms with E-state index < -0.39 is 17.6 Å². The van der Waals surface area contributed by atoms with Crippen molar-refractivity contribution in [1.82, 2.24) is 14.9 Å². The highest BCUT2D eigenvalue weighted by Crippen LogP contribution is 2.41. The maximum atomic E-state index is 16.0. The highest BCUT2D eigenvalue weighted by atomic mass is 19.1. The lowest BCUT2D eigenvalue weighted by atomic mass is 9.94. The molecule has 176 valence electrons. The first-order valence-electron chi connectivity index (χ1n) is 11.4. The number of hydrogen-bond acceptors (Lipinski definition) is 5. The van der Waals surface area contributed by atoms with E-state index in [1.165, 1.54) is 23.1 Å². The van der Waals surface area contributed by atoms with Crippen molar-refractivity contribution < 1.29 is 18.3 Å². The molecule has 1 fully saturated rings. The number of rotatable bonds is 4. The molecule has 1 atom stereocenters. The van der Waals surface area contributed by atoms with E-state index in [-0.39, 0.29) is 11.5 Å². The van der Waals surface area contributed by atoms with Gasteiger partial charge in [-0.3, -0.25) is 4.79 Å². The predicted octanol–water partition coefficient (Wildman–Crippen LogP) is 4.63. The minimum absolute atomic E-state index is 0.0705. The number of aromatic nitrogens is 2. The lowest BCUT2D eigenvalue weighted by Gasteiger charge is -2.35. The lowest BCUT2D eigenvalue weighted by molar-refractivity contribution is -0.128. The summed E-state index contributed by atoms with van der Waals surface area (Å²) < 4.78 is 34.5. The Morgan fingerprint density at radius 1 is 1.12 bits per heavy atom. The molecule has 2 heterocycles. The van der Waals surface area contributed by atoms with Crippen LogP contribution in [0, 0.1) is 5.82 Å². The molecule has 3 aromatic rings. The zero-order chi connectivity index (χ0) is 24.0. The Morgan fingerprint density at radius 3 is 2.59 bits per heavy atom. The number of hydrogen-bond donors (Lipinski definition) is 0. The van der Waals surface area contributed by atoms with Crippen LogP contribution in [0.15, 0.2) is 42.7 Å². The van der Waals surface area contributed by atoms with Crippen LogP contribution in [0.4, 0.5) is 14.6 Å². The standard InChI is InChI=1S/C26H26F2N4O2/c1-15-7-8-19-17(15)5-4-6-18(19)20-9-10-21-23(22(20)28)29-26(34-3)30-24(21)31-11-13-32(14-12-31)25(33)16(2)27/h4-6,9-10,15H,2,7-8,11-14H2,1,3H3. The zero-order valence-corrected chi connectivity index (χ0v) is 19.3. The first kappa shape index (κ1) is 22.3. The third-order valence-corrected chi connectivity index (χ3v) is 6.91. The second-order valence-corrected chi connectivity index (χ2v) is 8.85. The summed E-state index contributed by atoms with van der Waals surface area (Å²) in [7, 11) is 1.45. The summed E-state index contributed by atoms with van der Waals surface area (Å²) in [6.45, 7) is 6.75. The molecule has 6 nitrogen and oxygen atoms in total. The Bertz CT molecular complexity index is 1300. The van der Waals surface area contributed by atoms with Crippen molar-refractivity contribution >= 4 is 22.6 Å². The monoisotopic (exact) mass is 464 g/mol. The number of benzene rings is 2. The van der Waals surface area contributed by atoms with Crippen LogP contribution in [0.2, 0.25) is 0 Å². The van der Waals surface area contributed by atoms with E-state index in [9.17, 15) is 9.18 Å². The quantitative estimate of drug-likeness (QED) is 0.527. The molecule has 0 N–H and O–H groups in total. The number of nitrogens with zero attached hydrogens (tertiary/aromatic N) is 4. The first-order valence-corrected chi connectivity index (χ1v) is 11.4. The van der Waals surface area contributed by atoms with Crippen molar-refractivity contribution in [3.05, 3.63) is 59.7 Å². The highest BCUT2D eigenvalue weighted by molar-refractivity contribution is 5.94. The highest BCUT2D eigenvalue weighted by Gasteiger charge is 2.27. The molecule has 1 aliphatic heterocycles. The molecule has 2 aromatic carbocycles. The largest absolute Gasteiger partial charge is 0.467 e. The van der Waals surface area contributed by atoms with Crippen LogP contribution in [-0.4, -0.2) is 54.1 Å². The summed E-state index contributed by atoms with van der Waals surface area (Å²) in [5, 5.41) is 0.567. The number of methoxy groups -OCH3 is 1. The van der Waals surface area contributed by atoms with Crippen LogP contribution in [0.3, 0.4) is 0 Å². The second kappa shape index (κ2) is 8.66. The molecule has 1 aromatic heterocycles. The normalized spacial score (nSPS) is 17.7. The van der Waals surface area contributed by atoms with Crippen molar-refractivity contribution in [2.24, 2.45) is 0 Å². The molecule has 5 rings (SSSR count).